The molecule has 10 heteroatoms. The standard InChI is InChI=1S/C9H13N3O6S/c1-9(2,8(15)18-3)12-19(16,17)6-5(7(13)14)4-10-11-6/h4,12H,1-3H3,(H,10,11)(H,13,14). The smallest absolute Gasteiger partial charge is 0.340 e. The number of nitrogens with zero attached hydrogens (tertiary/aromatic N) is 1. The summed E-state index contributed by atoms with van der Waals surface area (Å²) in [5.41, 5.74) is -2.07. The Balaban J connectivity index is 3.16. The van der Waals surface area contributed by atoms with Gasteiger partial charge < -0.3 is 9.84 Å². The van der Waals surface area contributed by atoms with E-state index in [0.29, 0.717) is 0 Å². The monoisotopic (exact) mass is 291 g/mol. The number of carboxylic acid groups (broad SMARTS) is 1. The van der Waals surface area contributed by atoms with E-state index in [0.717, 1.165) is 13.3 Å². The maximum atomic E-state index is 12.0. The minimum Gasteiger partial charge on any atom is -0.478 e. The second kappa shape index (κ2) is 4.97. The Hall–Kier alpha value is -1.94. The summed E-state index contributed by atoms with van der Waals surface area (Å²) < 4.78 is 30.5. The van der Waals surface area contributed by atoms with E-state index in [2.05, 4.69) is 14.9 Å². The van der Waals surface area contributed by atoms with Gasteiger partial charge in [-0.05, 0) is 13.8 Å². The number of aromatic amines is 1. The molecule has 0 bridgehead atoms. The Kier molecular flexibility index (Phi) is 3.96. The number of sulfonamides is 1. The zero-order valence-electron chi connectivity index (χ0n) is 10.4. The fourth-order valence-electron chi connectivity index (χ4n) is 1.32. The molecule has 1 aromatic heterocycles. The molecule has 0 saturated heterocycles. The van der Waals surface area contributed by atoms with Crippen molar-refractivity contribution in [2.45, 2.75) is 24.4 Å². The largest absolute Gasteiger partial charge is 0.478 e. The van der Waals surface area contributed by atoms with Crippen LogP contribution in [0.1, 0.15) is 24.2 Å². The number of carbonyl (C=O) groups excluding carboxylic acids is 1. The van der Waals surface area contributed by atoms with Gasteiger partial charge in [-0.1, -0.05) is 0 Å². The molecule has 0 amide bonds. The fourth-order valence-corrected chi connectivity index (χ4v) is 2.77. The second-order valence-corrected chi connectivity index (χ2v) is 5.76. The molecule has 0 fully saturated rings. The molecule has 0 spiro atoms. The fraction of sp³-hybridized carbons (Fsp3) is 0.444. The first-order chi connectivity index (χ1) is 8.62. The number of aromatic carboxylic acids is 1. The first kappa shape index (κ1) is 15.1. The molecule has 3 N–H and O–H groups in total. The van der Waals surface area contributed by atoms with Gasteiger partial charge in [0.1, 0.15) is 11.1 Å². The maximum absolute atomic E-state index is 12.0. The second-order valence-electron chi connectivity index (χ2n) is 4.14. The van der Waals surface area contributed by atoms with E-state index in [1.165, 1.54) is 13.8 Å². The van der Waals surface area contributed by atoms with Crippen LogP contribution < -0.4 is 4.72 Å². The lowest BCUT2D eigenvalue weighted by Crippen LogP contribution is -2.50. The van der Waals surface area contributed by atoms with Gasteiger partial charge in [0.2, 0.25) is 0 Å². The number of nitrogens with one attached hydrogen (secondary N) is 2. The maximum Gasteiger partial charge on any atom is 0.340 e. The van der Waals surface area contributed by atoms with Crippen LogP contribution in [0.5, 0.6) is 0 Å². The molecule has 19 heavy (non-hydrogen) atoms. The molecule has 0 atom stereocenters. The van der Waals surface area contributed by atoms with Crippen LogP contribution in [-0.2, 0) is 19.6 Å². The van der Waals surface area contributed by atoms with Crippen molar-refractivity contribution in [3.05, 3.63) is 11.8 Å². The predicted octanol–water partition coefficient (Wildman–Crippen LogP) is -0.662. The normalized spacial score (nSPS) is 12.2. The molecule has 0 saturated carbocycles. The third-order valence-corrected chi connectivity index (χ3v) is 3.82. The number of aromatic nitrogens is 2. The predicted molar refractivity (Wildman–Crippen MR) is 62.0 cm³/mol. The van der Waals surface area contributed by atoms with Crippen LogP contribution in [0, 0.1) is 0 Å². The van der Waals surface area contributed by atoms with Crippen molar-refractivity contribution in [3.8, 4) is 0 Å². The van der Waals surface area contributed by atoms with Crippen LogP contribution in [0.4, 0.5) is 0 Å². The van der Waals surface area contributed by atoms with Crippen molar-refractivity contribution in [3.63, 3.8) is 0 Å². The molecule has 0 aliphatic rings. The molecule has 0 unspecified atom stereocenters. The molecular weight excluding hydrogens is 278 g/mol. The molecule has 0 aromatic carbocycles. The lowest BCUT2D eigenvalue weighted by molar-refractivity contribution is -0.146. The van der Waals surface area contributed by atoms with Crippen molar-refractivity contribution >= 4 is 22.0 Å². The highest BCUT2D eigenvalue weighted by Gasteiger charge is 2.36. The first-order valence-corrected chi connectivity index (χ1v) is 6.49. The zero-order valence-corrected chi connectivity index (χ0v) is 11.2. The number of carbonyl (C=O) groups is 2. The number of hydrogen-bond acceptors (Lipinski definition) is 6. The van der Waals surface area contributed by atoms with Gasteiger partial charge in [0, 0.05) is 0 Å². The molecule has 0 radical (unpaired) electrons. The lowest BCUT2D eigenvalue weighted by Gasteiger charge is -2.22. The summed E-state index contributed by atoms with van der Waals surface area (Å²) >= 11 is 0. The highest BCUT2D eigenvalue weighted by atomic mass is 32.2. The van der Waals surface area contributed by atoms with Crippen LogP contribution >= 0.6 is 0 Å². The van der Waals surface area contributed by atoms with Crippen LogP contribution in [0.25, 0.3) is 0 Å². The van der Waals surface area contributed by atoms with E-state index >= 15 is 0 Å². The summed E-state index contributed by atoms with van der Waals surface area (Å²) in [6, 6.07) is 0. The number of rotatable bonds is 5. The molecule has 0 aliphatic carbocycles. The van der Waals surface area contributed by atoms with E-state index < -0.39 is 38.1 Å². The number of esters is 1. The molecule has 9 nitrogen and oxygen atoms in total. The summed E-state index contributed by atoms with van der Waals surface area (Å²) in [7, 11) is -3.15. The van der Waals surface area contributed by atoms with Crippen LogP contribution in [-0.4, -0.2) is 48.3 Å². The Labute approximate surface area is 109 Å². The van der Waals surface area contributed by atoms with E-state index in [1.807, 2.05) is 4.72 Å². The van der Waals surface area contributed by atoms with Gasteiger partial charge in [0.25, 0.3) is 10.0 Å². The van der Waals surface area contributed by atoms with Crippen LogP contribution in [0.2, 0.25) is 0 Å². The van der Waals surface area contributed by atoms with E-state index in [-0.39, 0.29) is 0 Å². The minimum absolute atomic E-state index is 0.520. The number of methoxy groups -OCH3 is 1. The number of carboxylic acids is 1. The van der Waals surface area contributed by atoms with Gasteiger partial charge >= 0.3 is 11.9 Å². The van der Waals surface area contributed by atoms with E-state index in [1.54, 1.807) is 0 Å². The molecule has 0 aliphatic heterocycles. The van der Waals surface area contributed by atoms with Crippen molar-refractivity contribution in [1.29, 1.82) is 0 Å². The topological polar surface area (TPSA) is 138 Å². The molecule has 106 valence electrons. The third kappa shape index (κ3) is 3.09. The summed E-state index contributed by atoms with van der Waals surface area (Å²) in [5.74, 6) is -2.27. The van der Waals surface area contributed by atoms with Crippen LogP contribution in [0.15, 0.2) is 11.2 Å². The SMILES string of the molecule is COC(=O)C(C)(C)NS(=O)(=O)c1[nH]ncc1C(=O)O. The van der Waals surface area contributed by atoms with Gasteiger partial charge in [0.15, 0.2) is 5.03 Å². The van der Waals surface area contributed by atoms with Crippen molar-refractivity contribution < 1.29 is 27.9 Å². The number of hydrogen-bond donors (Lipinski definition) is 3. The Morgan fingerprint density at radius 2 is 2.05 bits per heavy atom. The zero-order chi connectivity index (χ0) is 14.8. The molecule has 1 heterocycles. The highest BCUT2D eigenvalue weighted by Crippen LogP contribution is 2.15. The molecular formula is C9H13N3O6S. The highest BCUT2D eigenvalue weighted by molar-refractivity contribution is 7.89. The number of ether oxygens (including phenoxy) is 1. The summed E-state index contributed by atoms with van der Waals surface area (Å²) in [6.07, 6.45) is 0.863. The quantitative estimate of drug-likeness (QED) is 0.612. The van der Waals surface area contributed by atoms with Gasteiger partial charge in [-0.15, -0.1) is 0 Å². The summed E-state index contributed by atoms with van der Waals surface area (Å²) in [6.45, 7) is 2.57. The number of H-pyrrole nitrogens is 1. The van der Waals surface area contributed by atoms with Crippen LogP contribution in [0.3, 0.4) is 0 Å². The average molecular weight is 291 g/mol. The Morgan fingerprint density at radius 3 is 2.53 bits per heavy atom. The van der Waals surface area contributed by atoms with Crippen molar-refractivity contribution in [2.75, 3.05) is 7.11 Å². The Morgan fingerprint density at radius 1 is 1.47 bits per heavy atom. The van der Waals surface area contributed by atoms with E-state index in [4.69, 9.17) is 5.11 Å². The Bertz CT molecular complexity index is 603. The van der Waals surface area contributed by atoms with Gasteiger partial charge in [-0.2, -0.15) is 9.82 Å². The summed E-state index contributed by atoms with van der Waals surface area (Å²) in [4.78, 5) is 22.2. The van der Waals surface area contributed by atoms with Crippen molar-refractivity contribution in [1.82, 2.24) is 14.9 Å². The van der Waals surface area contributed by atoms with Gasteiger partial charge in [0.05, 0.1) is 13.3 Å². The summed E-state index contributed by atoms with van der Waals surface area (Å²) in [5, 5.41) is 13.6. The average Bonchev–Trinajstić information content (AvgIpc) is 2.76. The third-order valence-electron chi connectivity index (χ3n) is 2.19. The molecule has 1 aromatic rings. The minimum atomic E-state index is -4.26. The van der Waals surface area contributed by atoms with Gasteiger partial charge in [-0.25, -0.2) is 13.2 Å². The van der Waals surface area contributed by atoms with E-state index in [9.17, 15) is 18.0 Å². The lowest BCUT2D eigenvalue weighted by atomic mass is 10.1. The first-order valence-electron chi connectivity index (χ1n) is 5.01. The van der Waals surface area contributed by atoms with Crippen molar-refractivity contribution in [2.24, 2.45) is 0 Å². The van der Waals surface area contributed by atoms with Gasteiger partial charge in [-0.3, -0.25) is 9.89 Å². The molecule has 1 rings (SSSR count).